The van der Waals surface area contributed by atoms with Crippen LogP contribution in [0, 0.1) is 0 Å². The molecule has 0 saturated heterocycles. The first kappa shape index (κ1) is 11.4. The summed E-state index contributed by atoms with van der Waals surface area (Å²) in [4.78, 5) is 11.0. The summed E-state index contributed by atoms with van der Waals surface area (Å²) in [6, 6.07) is 0. The summed E-state index contributed by atoms with van der Waals surface area (Å²) < 4.78 is 5.06. The molecular weight excluding hydrogens is 154 g/mol. The third-order valence-corrected chi connectivity index (χ3v) is 1.43. The van der Waals surface area contributed by atoms with Crippen LogP contribution in [-0.2, 0) is 9.53 Å². The van der Waals surface area contributed by atoms with Crippen LogP contribution in [0.2, 0.25) is 0 Å². The Balaban J connectivity index is 3.10. The third-order valence-electron chi connectivity index (χ3n) is 1.43. The number of unbranched alkanes of at least 4 members (excludes halogenated alkanes) is 1. The fourth-order valence-corrected chi connectivity index (χ4v) is 0.765. The molecule has 0 aromatic rings. The van der Waals surface area contributed by atoms with Crippen LogP contribution in [0.15, 0.2) is 0 Å². The highest BCUT2D eigenvalue weighted by Crippen LogP contribution is 1.83. The Bertz CT molecular complexity index is 103. The van der Waals surface area contributed by atoms with Crippen molar-refractivity contribution in [2.24, 2.45) is 0 Å². The number of rotatable bonds is 7. The van der Waals surface area contributed by atoms with E-state index in [1.54, 1.807) is 0 Å². The van der Waals surface area contributed by atoms with Gasteiger partial charge in [-0.05, 0) is 12.8 Å². The highest BCUT2D eigenvalue weighted by molar-refractivity contribution is 5.77. The Morgan fingerprint density at radius 3 is 2.67 bits per heavy atom. The van der Waals surface area contributed by atoms with E-state index in [1.165, 1.54) is 0 Å². The van der Waals surface area contributed by atoms with Gasteiger partial charge in [-0.15, -0.1) is 0 Å². The van der Waals surface area contributed by atoms with E-state index in [0.717, 1.165) is 25.8 Å². The molecule has 3 heteroatoms. The van der Waals surface area contributed by atoms with Crippen molar-refractivity contribution in [3.63, 3.8) is 0 Å². The topological polar surface area (TPSA) is 38.3 Å². The quantitative estimate of drug-likeness (QED) is 0.590. The summed E-state index contributed by atoms with van der Waals surface area (Å²) in [5, 5.41) is 2.78. The molecule has 0 saturated carbocycles. The molecule has 0 aliphatic heterocycles. The lowest BCUT2D eigenvalue weighted by molar-refractivity contribution is -0.125. The van der Waals surface area contributed by atoms with Gasteiger partial charge < -0.3 is 10.1 Å². The molecule has 0 aliphatic rings. The molecule has 1 N–H and O–H groups in total. The number of hydrogen-bond donors (Lipinski definition) is 1. The molecule has 0 heterocycles. The van der Waals surface area contributed by atoms with Crippen molar-refractivity contribution >= 4 is 5.91 Å². The lowest BCUT2D eigenvalue weighted by atomic mass is 10.3. The second kappa shape index (κ2) is 8.53. The van der Waals surface area contributed by atoms with E-state index in [9.17, 15) is 4.79 Å². The molecule has 12 heavy (non-hydrogen) atoms. The molecule has 3 nitrogen and oxygen atoms in total. The molecule has 0 aromatic carbocycles. The molecule has 0 rings (SSSR count). The Labute approximate surface area is 74.5 Å². The molecule has 0 radical (unpaired) electrons. The fraction of sp³-hybridized carbons (Fsp3) is 0.889. The average Bonchev–Trinajstić information content (AvgIpc) is 2.06. The van der Waals surface area contributed by atoms with Gasteiger partial charge in [-0.25, -0.2) is 0 Å². The smallest absolute Gasteiger partial charge is 0.245 e. The third kappa shape index (κ3) is 7.54. The van der Waals surface area contributed by atoms with E-state index in [2.05, 4.69) is 12.2 Å². The van der Waals surface area contributed by atoms with Crippen LogP contribution in [-0.4, -0.2) is 25.7 Å². The van der Waals surface area contributed by atoms with Crippen LogP contribution >= 0.6 is 0 Å². The first-order valence-corrected chi connectivity index (χ1v) is 4.65. The van der Waals surface area contributed by atoms with Gasteiger partial charge in [0.2, 0.25) is 5.91 Å². The molecule has 0 unspecified atom stereocenters. The Hall–Kier alpha value is -0.570. The lowest BCUT2D eigenvalue weighted by Gasteiger charge is -2.03. The maximum Gasteiger partial charge on any atom is 0.245 e. The van der Waals surface area contributed by atoms with E-state index in [4.69, 9.17) is 4.74 Å². The van der Waals surface area contributed by atoms with Crippen LogP contribution in [0.25, 0.3) is 0 Å². The monoisotopic (exact) mass is 173 g/mol. The van der Waals surface area contributed by atoms with E-state index in [1.807, 2.05) is 6.92 Å². The minimum atomic E-state index is -0.00287. The first-order chi connectivity index (χ1) is 5.81. The van der Waals surface area contributed by atoms with Gasteiger partial charge in [0.1, 0.15) is 6.61 Å². The van der Waals surface area contributed by atoms with Crippen molar-refractivity contribution in [2.75, 3.05) is 19.8 Å². The molecule has 1 amide bonds. The van der Waals surface area contributed by atoms with Crippen molar-refractivity contribution in [2.45, 2.75) is 33.1 Å². The van der Waals surface area contributed by atoms with Gasteiger partial charge in [0.05, 0.1) is 0 Å². The minimum absolute atomic E-state index is 0.00287. The normalized spacial score (nSPS) is 9.83. The number of nitrogens with one attached hydrogen (secondary N) is 1. The molecule has 0 aliphatic carbocycles. The molecule has 0 aromatic heterocycles. The van der Waals surface area contributed by atoms with Gasteiger partial charge >= 0.3 is 0 Å². The highest BCUT2D eigenvalue weighted by Gasteiger charge is 1.98. The summed E-state index contributed by atoms with van der Waals surface area (Å²) in [6.45, 7) is 5.76. The van der Waals surface area contributed by atoms with Crippen LogP contribution in [0.4, 0.5) is 0 Å². The first-order valence-electron chi connectivity index (χ1n) is 4.65. The number of carbonyl (C=O) groups excluding carboxylic acids is 1. The molecule has 0 spiro atoms. The van der Waals surface area contributed by atoms with E-state index in [0.29, 0.717) is 6.61 Å². The van der Waals surface area contributed by atoms with Gasteiger partial charge in [-0.1, -0.05) is 20.3 Å². The minimum Gasteiger partial charge on any atom is -0.372 e. The number of hydrogen-bond acceptors (Lipinski definition) is 2. The van der Waals surface area contributed by atoms with Gasteiger partial charge in [0.15, 0.2) is 0 Å². The largest absolute Gasteiger partial charge is 0.372 e. The number of amides is 1. The van der Waals surface area contributed by atoms with Crippen molar-refractivity contribution < 1.29 is 9.53 Å². The summed E-state index contributed by atoms with van der Waals surface area (Å²) in [5.41, 5.74) is 0. The van der Waals surface area contributed by atoms with Crippen molar-refractivity contribution in [1.82, 2.24) is 5.32 Å². The zero-order valence-corrected chi connectivity index (χ0v) is 8.06. The standard InChI is InChI=1S/C9H19NO2/c1-3-5-6-10-9(11)8-12-7-4-2/h3-8H2,1-2H3,(H,10,11). The fourth-order valence-electron chi connectivity index (χ4n) is 0.765. The molecule has 72 valence electrons. The predicted octanol–water partition coefficient (Wildman–Crippen LogP) is 1.33. The zero-order valence-electron chi connectivity index (χ0n) is 8.06. The number of carbonyl (C=O) groups is 1. The SMILES string of the molecule is CCCCNC(=O)COCCC. The molecule has 0 bridgehead atoms. The van der Waals surface area contributed by atoms with Gasteiger partial charge in [-0.2, -0.15) is 0 Å². The maximum absolute atomic E-state index is 11.0. The molecular formula is C9H19NO2. The maximum atomic E-state index is 11.0. The Kier molecular flexibility index (Phi) is 8.12. The Morgan fingerprint density at radius 2 is 2.08 bits per heavy atom. The summed E-state index contributed by atoms with van der Waals surface area (Å²) in [5.74, 6) is -0.00287. The second-order valence-corrected chi connectivity index (χ2v) is 2.76. The van der Waals surface area contributed by atoms with Gasteiger partial charge in [-0.3, -0.25) is 4.79 Å². The van der Waals surface area contributed by atoms with Crippen LogP contribution in [0.1, 0.15) is 33.1 Å². The van der Waals surface area contributed by atoms with Gasteiger partial charge in [0.25, 0.3) is 0 Å². The van der Waals surface area contributed by atoms with Crippen LogP contribution in [0.5, 0.6) is 0 Å². The summed E-state index contributed by atoms with van der Waals surface area (Å²) in [6.07, 6.45) is 3.11. The highest BCUT2D eigenvalue weighted by atomic mass is 16.5. The molecule has 0 fully saturated rings. The second-order valence-electron chi connectivity index (χ2n) is 2.76. The predicted molar refractivity (Wildman–Crippen MR) is 49.0 cm³/mol. The molecule has 0 atom stereocenters. The van der Waals surface area contributed by atoms with Crippen LogP contribution < -0.4 is 5.32 Å². The van der Waals surface area contributed by atoms with Crippen molar-refractivity contribution in [1.29, 1.82) is 0 Å². The lowest BCUT2D eigenvalue weighted by Crippen LogP contribution is -2.28. The van der Waals surface area contributed by atoms with E-state index < -0.39 is 0 Å². The zero-order chi connectivity index (χ0) is 9.23. The van der Waals surface area contributed by atoms with Crippen molar-refractivity contribution in [3.8, 4) is 0 Å². The summed E-state index contributed by atoms with van der Waals surface area (Å²) in [7, 11) is 0. The average molecular weight is 173 g/mol. The van der Waals surface area contributed by atoms with E-state index >= 15 is 0 Å². The Morgan fingerprint density at radius 1 is 1.33 bits per heavy atom. The number of ether oxygens (including phenoxy) is 1. The van der Waals surface area contributed by atoms with Crippen LogP contribution in [0.3, 0.4) is 0 Å². The van der Waals surface area contributed by atoms with Crippen molar-refractivity contribution in [3.05, 3.63) is 0 Å². The summed E-state index contributed by atoms with van der Waals surface area (Å²) >= 11 is 0. The van der Waals surface area contributed by atoms with Gasteiger partial charge in [0, 0.05) is 13.2 Å². The van der Waals surface area contributed by atoms with E-state index in [-0.39, 0.29) is 12.5 Å².